The highest BCUT2D eigenvalue weighted by Crippen LogP contribution is 2.21. The fraction of sp³-hybridized carbons (Fsp3) is 0.0714. The first-order chi connectivity index (χ1) is 8.99. The van der Waals surface area contributed by atoms with Gasteiger partial charge in [0.1, 0.15) is 11.6 Å². The molecule has 2 aromatic rings. The molecule has 0 heterocycles. The van der Waals surface area contributed by atoms with E-state index in [1.165, 1.54) is 30.3 Å². The van der Waals surface area contributed by atoms with Crippen LogP contribution in [0.4, 0.5) is 8.78 Å². The van der Waals surface area contributed by atoms with Crippen molar-refractivity contribution >= 4 is 29.0 Å². The van der Waals surface area contributed by atoms with Crippen LogP contribution >= 0.6 is 23.2 Å². The number of Topliss-reactive ketones (excluding diaryl/α,β-unsaturated/α-hetero) is 1. The van der Waals surface area contributed by atoms with Gasteiger partial charge in [0.25, 0.3) is 0 Å². The number of benzene rings is 2. The highest BCUT2D eigenvalue weighted by molar-refractivity contribution is 6.31. The number of rotatable bonds is 3. The van der Waals surface area contributed by atoms with Crippen LogP contribution < -0.4 is 0 Å². The van der Waals surface area contributed by atoms with Crippen LogP contribution in [-0.4, -0.2) is 5.78 Å². The maximum atomic E-state index is 13.7. The second-order valence-corrected chi connectivity index (χ2v) is 4.78. The van der Waals surface area contributed by atoms with Gasteiger partial charge in [-0.1, -0.05) is 35.3 Å². The van der Waals surface area contributed by atoms with Gasteiger partial charge in [-0.15, -0.1) is 0 Å². The molecule has 2 rings (SSSR count). The van der Waals surface area contributed by atoms with Crippen LogP contribution in [0.25, 0.3) is 0 Å². The van der Waals surface area contributed by atoms with Crippen LogP contribution in [0.15, 0.2) is 36.4 Å². The summed E-state index contributed by atoms with van der Waals surface area (Å²) in [5, 5.41) is 0.174. The first kappa shape index (κ1) is 14.0. The summed E-state index contributed by atoms with van der Waals surface area (Å²) in [6.45, 7) is 0. The maximum absolute atomic E-state index is 13.7. The van der Waals surface area contributed by atoms with Crippen molar-refractivity contribution in [1.29, 1.82) is 0 Å². The van der Waals surface area contributed by atoms with E-state index in [4.69, 9.17) is 23.2 Å². The van der Waals surface area contributed by atoms with Crippen molar-refractivity contribution in [1.82, 2.24) is 0 Å². The predicted molar refractivity (Wildman–Crippen MR) is 70.9 cm³/mol. The van der Waals surface area contributed by atoms with Gasteiger partial charge in [0, 0.05) is 11.4 Å². The molecular weight excluding hydrogens is 293 g/mol. The lowest BCUT2D eigenvalue weighted by atomic mass is 10.0. The van der Waals surface area contributed by atoms with Crippen LogP contribution in [0.2, 0.25) is 10.0 Å². The second kappa shape index (κ2) is 5.68. The Bertz CT molecular complexity index is 641. The number of carbonyl (C=O) groups is 1. The Balaban J connectivity index is 2.31. The molecule has 0 unspecified atom stereocenters. The molecule has 0 aromatic heterocycles. The van der Waals surface area contributed by atoms with Gasteiger partial charge in [0.2, 0.25) is 0 Å². The summed E-state index contributed by atoms with van der Waals surface area (Å²) in [6.07, 6.45) is -0.274. The van der Waals surface area contributed by atoms with E-state index in [0.29, 0.717) is 0 Å². The predicted octanol–water partition coefficient (Wildman–Crippen LogP) is 4.70. The molecule has 0 bridgehead atoms. The summed E-state index contributed by atoms with van der Waals surface area (Å²) in [5.74, 6) is -1.90. The molecule has 0 aliphatic carbocycles. The molecule has 5 heteroatoms. The molecule has 0 radical (unpaired) electrons. The summed E-state index contributed by atoms with van der Waals surface area (Å²) < 4.78 is 27.2. The van der Waals surface area contributed by atoms with Crippen LogP contribution in [0.3, 0.4) is 0 Å². The van der Waals surface area contributed by atoms with E-state index < -0.39 is 17.4 Å². The molecule has 0 atom stereocenters. The first-order valence-corrected chi connectivity index (χ1v) is 6.16. The third-order valence-corrected chi connectivity index (χ3v) is 3.14. The average Bonchev–Trinajstić information content (AvgIpc) is 2.38. The zero-order valence-electron chi connectivity index (χ0n) is 9.59. The standard InChI is InChI=1S/C14H8Cl2F2O/c15-9-4-5-12(17)10(7-9)13(19)6-8-2-1-3-11(16)14(8)18/h1-5,7H,6H2. The Morgan fingerprint density at radius 2 is 1.84 bits per heavy atom. The summed E-state index contributed by atoms with van der Waals surface area (Å²) in [4.78, 5) is 11.9. The molecule has 0 fully saturated rings. The largest absolute Gasteiger partial charge is 0.294 e. The quantitative estimate of drug-likeness (QED) is 0.751. The van der Waals surface area contributed by atoms with Crippen molar-refractivity contribution in [3.05, 3.63) is 69.2 Å². The van der Waals surface area contributed by atoms with Gasteiger partial charge < -0.3 is 0 Å². The fourth-order valence-corrected chi connectivity index (χ4v) is 2.03. The Kier molecular flexibility index (Phi) is 4.17. The summed E-state index contributed by atoms with van der Waals surface area (Å²) in [5.41, 5.74) is -0.0382. The Morgan fingerprint density at radius 1 is 1.11 bits per heavy atom. The minimum Gasteiger partial charge on any atom is -0.294 e. The molecule has 1 nitrogen and oxygen atoms in total. The lowest BCUT2D eigenvalue weighted by molar-refractivity contribution is 0.0988. The van der Waals surface area contributed by atoms with Crippen molar-refractivity contribution in [2.45, 2.75) is 6.42 Å². The second-order valence-electron chi connectivity index (χ2n) is 3.94. The molecule has 0 aliphatic rings. The van der Waals surface area contributed by atoms with Gasteiger partial charge in [0.05, 0.1) is 10.6 Å². The van der Waals surface area contributed by atoms with Crippen molar-refractivity contribution in [2.24, 2.45) is 0 Å². The average molecular weight is 301 g/mol. The molecule has 0 saturated heterocycles. The van der Waals surface area contributed by atoms with Crippen LogP contribution in [0.1, 0.15) is 15.9 Å². The molecule has 98 valence electrons. The van der Waals surface area contributed by atoms with E-state index in [2.05, 4.69) is 0 Å². The minimum atomic E-state index is -0.683. The van der Waals surface area contributed by atoms with Crippen LogP contribution in [0.5, 0.6) is 0 Å². The van der Waals surface area contributed by atoms with E-state index in [0.717, 1.165) is 6.07 Å². The summed E-state index contributed by atoms with van der Waals surface area (Å²) in [7, 11) is 0. The van der Waals surface area contributed by atoms with Crippen molar-refractivity contribution in [2.75, 3.05) is 0 Å². The van der Waals surface area contributed by atoms with Crippen LogP contribution in [-0.2, 0) is 6.42 Å². The third-order valence-electron chi connectivity index (χ3n) is 2.61. The van der Waals surface area contributed by atoms with Gasteiger partial charge in [-0.25, -0.2) is 8.78 Å². The van der Waals surface area contributed by atoms with E-state index in [-0.39, 0.29) is 27.6 Å². The Hall–Kier alpha value is -1.45. The van der Waals surface area contributed by atoms with Gasteiger partial charge in [-0.3, -0.25) is 4.79 Å². The minimum absolute atomic E-state index is 0.0723. The normalized spacial score (nSPS) is 10.5. The molecule has 0 saturated carbocycles. The lowest BCUT2D eigenvalue weighted by Gasteiger charge is -2.05. The summed E-state index contributed by atoms with van der Waals surface area (Å²) >= 11 is 11.3. The number of carbonyl (C=O) groups excluding carboxylic acids is 1. The van der Waals surface area contributed by atoms with Crippen LogP contribution in [0, 0.1) is 11.6 Å². The SMILES string of the molecule is O=C(Cc1cccc(Cl)c1F)c1cc(Cl)ccc1F. The van der Waals surface area contributed by atoms with E-state index in [1.54, 1.807) is 0 Å². The molecule has 0 N–H and O–H groups in total. The van der Waals surface area contributed by atoms with Gasteiger partial charge in [0.15, 0.2) is 5.78 Å². The number of hydrogen-bond donors (Lipinski definition) is 0. The van der Waals surface area contributed by atoms with Crippen molar-refractivity contribution in [3.63, 3.8) is 0 Å². The van der Waals surface area contributed by atoms with Crippen molar-refractivity contribution in [3.8, 4) is 0 Å². The topological polar surface area (TPSA) is 17.1 Å². The van der Waals surface area contributed by atoms with E-state index in [9.17, 15) is 13.6 Å². The molecule has 19 heavy (non-hydrogen) atoms. The summed E-state index contributed by atoms with van der Waals surface area (Å²) in [6, 6.07) is 8.01. The molecule has 0 spiro atoms. The number of hydrogen-bond acceptors (Lipinski definition) is 1. The van der Waals surface area contributed by atoms with E-state index in [1.807, 2.05) is 0 Å². The zero-order chi connectivity index (χ0) is 14.0. The number of ketones is 1. The highest BCUT2D eigenvalue weighted by atomic mass is 35.5. The van der Waals surface area contributed by atoms with E-state index >= 15 is 0 Å². The molecule has 0 aliphatic heterocycles. The van der Waals surface area contributed by atoms with Crippen molar-refractivity contribution < 1.29 is 13.6 Å². The Labute approximate surface area is 118 Å². The first-order valence-electron chi connectivity index (χ1n) is 5.40. The maximum Gasteiger partial charge on any atom is 0.170 e. The van der Waals surface area contributed by atoms with Gasteiger partial charge in [-0.05, 0) is 29.8 Å². The number of halogens is 4. The third kappa shape index (κ3) is 3.11. The van der Waals surface area contributed by atoms with Gasteiger partial charge >= 0.3 is 0 Å². The highest BCUT2D eigenvalue weighted by Gasteiger charge is 2.16. The fourth-order valence-electron chi connectivity index (χ4n) is 1.66. The molecule has 0 amide bonds. The zero-order valence-corrected chi connectivity index (χ0v) is 11.1. The molecule has 2 aromatic carbocycles. The lowest BCUT2D eigenvalue weighted by Crippen LogP contribution is -2.07. The Morgan fingerprint density at radius 3 is 2.58 bits per heavy atom. The smallest absolute Gasteiger partial charge is 0.170 e. The van der Waals surface area contributed by atoms with Gasteiger partial charge in [-0.2, -0.15) is 0 Å². The molecular formula is C14H8Cl2F2O. The monoisotopic (exact) mass is 300 g/mol.